The van der Waals surface area contributed by atoms with Crippen molar-refractivity contribution in [1.82, 2.24) is 9.78 Å². The summed E-state index contributed by atoms with van der Waals surface area (Å²) in [5, 5.41) is 7.61. The van der Waals surface area contributed by atoms with Crippen LogP contribution in [0.3, 0.4) is 0 Å². The molecule has 1 amide bonds. The third-order valence-electron chi connectivity index (χ3n) is 6.29. The Morgan fingerprint density at radius 1 is 0.889 bits per heavy atom. The zero-order chi connectivity index (χ0) is 24.9. The molecule has 1 N–H and O–H groups in total. The van der Waals surface area contributed by atoms with Gasteiger partial charge < -0.3 is 15.0 Å². The molecule has 0 spiro atoms. The monoisotopic (exact) mass is 480 g/mol. The number of hydrogen-bond donors (Lipinski definition) is 1. The Bertz CT molecular complexity index is 1390. The molecule has 1 aliphatic rings. The summed E-state index contributed by atoms with van der Waals surface area (Å²) in [6.07, 6.45) is 0. The number of carbonyl (C=O) groups is 1. The van der Waals surface area contributed by atoms with Crippen LogP contribution in [0.2, 0.25) is 0 Å². The molecule has 7 nitrogen and oxygen atoms in total. The predicted molar refractivity (Wildman–Crippen MR) is 142 cm³/mol. The number of nitrogens with one attached hydrogen (secondary N) is 1. The van der Waals surface area contributed by atoms with Crippen LogP contribution in [0.25, 0.3) is 22.4 Å². The lowest BCUT2D eigenvalue weighted by atomic mass is 9.95. The van der Waals surface area contributed by atoms with E-state index in [9.17, 15) is 9.59 Å². The largest absolute Gasteiger partial charge is 0.378 e. The van der Waals surface area contributed by atoms with Gasteiger partial charge in [0, 0.05) is 42.1 Å². The average molecular weight is 481 g/mol. The molecule has 2 heterocycles. The number of carbonyl (C=O) groups excluding carboxylic acids is 1. The van der Waals surface area contributed by atoms with Crippen LogP contribution in [0.5, 0.6) is 0 Å². The second kappa shape index (κ2) is 10.6. The SMILES string of the molecule is CCn1nc(-c2ccccc2)c(-c2ccccc2)c(C(=O)Nc2ccc(N3CCOCC3)cc2)c1=O. The fourth-order valence-corrected chi connectivity index (χ4v) is 4.45. The highest BCUT2D eigenvalue weighted by atomic mass is 16.5. The van der Waals surface area contributed by atoms with Gasteiger partial charge in [-0.15, -0.1) is 0 Å². The highest BCUT2D eigenvalue weighted by molar-refractivity contribution is 6.10. The molecule has 0 aliphatic carbocycles. The molecule has 0 saturated carbocycles. The maximum Gasteiger partial charge on any atom is 0.280 e. The molecular weight excluding hydrogens is 452 g/mol. The van der Waals surface area contributed by atoms with Gasteiger partial charge in [-0.25, -0.2) is 4.68 Å². The van der Waals surface area contributed by atoms with Crippen LogP contribution >= 0.6 is 0 Å². The first kappa shape index (κ1) is 23.5. The van der Waals surface area contributed by atoms with Gasteiger partial charge >= 0.3 is 0 Å². The Kier molecular flexibility index (Phi) is 6.91. The summed E-state index contributed by atoms with van der Waals surface area (Å²) >= 11 is 0. The summed E-state index contributed by atoms with van der Waals surface area (Å²) in [6.45, 7) is 5.27. The van der Waals surface area contributed by atoms with E-state index in [-0.39, 0.29) is 5.56 Å². The van der Waals surface area contributed by atoms with Gasteiger partial charge in [-0.05, 0) is 36.8 Å². The van der Waals surface area contributed by atoms with Crippen LogP contribution in [0.1, 0.15) is 17.3 Å². The van der Waals surface area contributed by atoms with Gasteiger partial charge in [0.1, 0.15) is 5.56 Å². The molecule has 182 valence electrons. The van der Waals surface area contributed by atoms with E-state index in [1.165, 1.54) is 4.68 Å². The van der Waals surface area contributed by atoms with E-state index in [1.807, 2.05) is 91.9 Å². The number of rotatable bonds is 6. The zero-order valence-corrected chi connectivity index (χ0v) is 20.2. The van der Waals surface area contributed by atoms with Gasteiger partial charge in [0.05, 0.1) is 18.9 Å². The van der Waals surface area contributed by atoms with E-state index in [2.05, 4.69) is 15.3 Å². The number of ether oxygens (including phenoxy) is 1. The molecule has 0 atom stereocenters. The van der Waals surface area contributed by atoms with Crippen LogP contribution in [-0.2, 0) is 11.3 Å². The van der Waals surface area contributed by atoms with Crippen molar-refractivity contribution in [2.45, 2.75) is 13.5 Å². The molecule has 5 rings (SSSR count). The maximum absolute atomic E-state index is 13.7. The van der Waals surface area contributed by atoms with E-state index in [1.54, 1.807) is 0 Å². The number of amides is 1. The topological polar surface area (TPSA) is 76.5 Å². The van der Waals surface area contributed by atoms with Crippen molar-refractivity contribution in [2.75, 3.05) is 36.5 Å². The first-order valence-corrected chi connectivity index (χ1v) is 12.2. The van der Waals surface area contributed by atoms with Gasteiger partial charge in [-0.3, -0.25) is 9.59 Å². The molecule has 7 heteroatoms. The second-order valence-electron chi connectivity index (χ2n) is 8.55. The van der Waals surface area contributed by atoms with Crippen molar-refractivity contribution in [3.05, 3.63) is 101 Å². The minimum atomic E-state index is -0.459. The summed E-state index contributed by atoms with van der Waals surface area (Å²) in [5.74, 6) is -0.459. The van der Waals surface area contributed by atoms with Crippen molar-refractivity contribution in [1.29, 1.82) is 0 Å². The highest BCUT2D eigenvalue weighted by Crippen LogP contribution is 2.32. The van der Waals surface area contributed by atoms with Crippen LogP contribution in [0.4, 0.5) is 11.4 Å². The van der Waals surface area contributed by atoms with Gasteiger partial charge in [0.25, 0.3) is 11.5 Å². The van der Waals surface area contributed by atoms with Crippen LogP contribution in [0, 0.1) is 0 Å². The molecule has 0 radical (unpaired) electrons. The number of aromatic nitrogens is 2. The van der Waals surface area contributed by atoms with Crippen molar-refractivity contribution >= 4 is 17.3 Å². The molecular formula is C29H28N4O3. The molecule has 3 aromatic carbocycles. The van der Waals surface area contributed by atoms with Gasteiger partial charge in [-0.2, -0.15) is 5.10 Å². The molecule has 4 aromatic rings. The van der Waals surface area contributed by atoms with Gasteiger partial charge in [-0.1, -0.05) is 60.7 Å². The van der Waals surface area contributed by atoms with Gasteiger partial charge in [0.15, 0.2) is 0 Å². The molecule has 1 saturated heterocycles. The van der Waals surface area contributed by atoms with Crippen molar-refractivity contribution in [3.63, 3.8) is 0 Å². The quantitative estimate of drug-likeness (QED) is 0.433. The minimum Gasteiger partial charge on any atom is -0.378 e. The Hall–Kier alpha value is -4.23. The predicted octanol–water partition coefficient (Wildman–Crippen LogP) is 4.69. The minimum absolute atomic E-state index is 0.0779. The number of benzene rings is 3. The van der Waals surface area contributed by atoms with E-state index < -0.39 is 11.5 Å². The van der Waals surface area contributed by atoms with Crippen LogP contribution in [0.15, 0.2) is 89.7 Å². The van der Waals surface area contributed by atoms with Crippen molar-refractivity contribution in [3.8, 4) is 22.4 Å². The van der Waals surface area contributed by atoms with Crippen LogP contribution < -0.4 is 15.8 Å². The first-order chi connectivity index (χ1) is 17.7. The maximum atomic E-state index is 13.7. The Morgan fingerprint density at radius 3 is 2.11 bits per heavy atom. The molecule has 1 fully saturated rings. The lowest BCUT2D eigenvalue weighted by molar-refractivity contribution is 0.102. The van der Waals surface area contributed by atoms with Crippen LogP contribution in [-0.4, -0.2) is 42.0 Å². The average Bonchev–Trinajstić information content (AvgIpc) is 2.94. The van der Waals surface area contributed by atoms with Gasteiger partial charge in [0.2, 0.25) is 0 Å². The summed E-state index contributed by atoms with van der Waals surface area (Å²) in [4.78, 5) is 29.4. The summed E-state index contributed by atoms with van der Waals surface area (Å²) in [5.41, 5.74) is 4.07. The number of hydrogen-bond acceptors (Lipinski definition) is 5. The lowest BCUT2D eigenvalue weighted by Crippen LogP contribution is -2.36. The summed E-state index contributed by atoms with van der Waals surface area (Å²) < 4.78 is 6.78. The molecule has 0 unspecified atom stereocenters. The number of anilines is 2. The fourth-order valence-electron chi connectivity index (χ4n) is 4.45. The van der Waals surface area contributed by atoms with E-state index in [4.69, 9.17) is 4.74 Å². The summed E-state index contributed by atoms with van der Waals surface area (Å²) in [7, 11) is 0. The molecule has 1 aromatic heterocycles. The Balaban J connectivity index is 1.57. The van der Waals surface area contributed by atoms with E-state index >= 15 is 0 Å². The third-order valence-corrected chi connectivity index (χ3v) is 6.29. The smallest absolute Gasteiger partial charge is 0.280 e. The van der Waals surface area contributed by atoms with E-state index in [0.717, 1.165) is 29.9 Å². The molecule has 1 aliphatic heterocycles. The van der Waals surface area contributed by atoms with Crippen molar-refractivity contribution < 1.29 is 9.53 Å². The van der Waals surface area contributed by atoms with Crippen molar-refractivity contribution in [2.24, 2.45) is 0 Å². The normalized spacial score (nSPS) is 13.4. The number of aryl methyl sites for hydroxylation is 1. The molecule has 0 bridgehead atoms. The first-order valence-electron chi connectivity index (χ1n) is 12.2. The summed E-state index contributed by atoms with van der Waals surface area (Å²) in [6, 6.07) is 26.8. The highest BCUT2D eigenvalue weighted by Gasteiger charge is 2.25. The third kappa shape index (κ3) is 4.78. The lowest BCUT2D eigenvalue weighted by Gasteiger charge is -2.28. The Morgan fingerprint density at radius 2 is 1.50 bits per heavy atom. The number of nitrogens with zero attached hydrogens (tertiary/aromatic N) is 3. The Labute approximate surface area is 210 Å². The second-order valence-corrected chi connectivity index (χ2v) is 8.55. The number of morpholine rings is 1. The van der Waals surface area contributed by atoms with E-state index in [0.29, 0.717) is 36.7 Å². The standard InChI is InChI=1S/C29H28N4O3/c1-2-33-29(35)26(28(34)30-23-13-15-24(16-14-23)32-17-19-36-20-18-32)25(21-9-5-3-6-10-21)27(31-33)22-11-7-4-8-12-22/h3-16H,2,17-20H2,1H3,(H,30,34). The molecule has 36 heavy (non-hydrogen) atoms. The fraction of sp³-hybridized carbons (Fsp3) is 0.207. The zero-order valence-electron chi connectivity index (χ0n) is 20.2.